The summed E-state index contributed by atoms with van der Waals surface area (Å²) in [6, 6.07) is 5.74. The molecule has 3 heterocycles. The van der Waals surface area contributed by atoms with Crippen molar-refractivity contribution in [1.29, 1.82) is 0 Å². The van der Waals surface area contributed by atoms with E-state index in [1.54, 1.807) is 0 Å². The molecular weight excluding hydrogens is 364 g/mol. The molecular formula is C23H32N4O2. The van der Waals surface area contributed by atoms with Crippen LogP contribution in [0.5, 0.6) is 11.5 Å². The molecule has 0 amide bonds. The van der Waals surface area contributed by atoms with E-state index in [-0.39, 0.29) is 5.75 Å². The predicted molar refractivity (Wildman–Crippen MR) is 115 cm³/mol. The van der Waals surface area contributed by atoms with Crippen molar-refractivity contribution in [2.45, 2.75) is 59.0 Å². The lowest BCUT2D eigenvalue weighted by atomic mass is 10.0. The molecule has 6 heteroatoms. The standard InChI is InChI=1S/C23H32N4O2/c1-4-29-20-9-7-8-17(21(20)28)14-26-13-10-18-19(15-26)24-22(16(2)3)25-23(18)27-11-5-6-12-27/h7-9,16,28H,4-6,10-15H2,1-3H3. The normalized spacial score (nSPS) is 17.0. The van der Waals surface area contributed by atoms with Crippen LogP contribution in [-0.4, -0.2) is 46.2 Å². The van der Waals surface area contributed by atoms with Gasteiger partial charge in [-0.05, 0) is 32.3 Å². The number of phenols is 1. The fourth-order valence-corrected chi connectivity index (χ4v) is 4.28. The van der Waals surface area contributed by atoms with E-state index >= 15 is 0 Å². The zero-order valence-corrected chi connectivity index (χ0v) is 17.8. The van der Waals surface area contributed by atoms with Crippen LogP contribution in [0.4, 0.5) is 5.82 Å². The Hall–Kier alpha value is -2.34. The highest BCUT2D eigenvalue weighted by Gasteiger charge is 2.27. The molecule has 0 bridgehead atoms. The fourth-order valence-electron chi connectivity index (χ4n) is 4.28. The second kappa shape index (κ2) is 8.57. The summed E-state index contributed by atoms with van der Waals surface area (Å²) in [6.07, 6.45) is 3.44. The van der Waals surface area contributed by atoms with E-state index in [1.807, 2.05) is 25.1 Å². The average Bonchev–Trinajstić information content (AvgIpc) is 3.25. The van der Waals surface area contributed by atoms with Gasteiger partial charge in [-0.2, -0.15) is 0 Å². The predicted octanol–water partition coefficient (Wildman–Crippen LogP) is 3.86. The van der Waals surface area contributed by atoms with Crippen molar-refractivity contribution in [3.63, 3.8) is 0 Å². The van der Waals surface area contributed by atoms with Crippen LogP contribution < -0.4 is 9.64 Å². The third kappa shape index (κ3) is 4.17. The lowest BCUT2D eigenvalue weighted by Gasteiger charge is -2.32. The first-order valence-corrected chi connectivity index (χ1v) is 10.9. The molecule has 4 rings (SSSR count). The number of aromatic nitrogens is 2. The van der Waals surface area contributed by atoms with Gasteiger partial charge in [0, 0.05) is 49.8 Å². The van der Waals surface area contributed by atoms with Gasteiger partial charge in [0.05, 0.1) is 12.3 Å². The number of hydrogen-bond acceptors (Lipinski definition) is 6. The number of rotatable bonds is 6. The summed E-state index contributed by atoms with van der Waals surface area (Å²) in [6.45, 7) is 11.4. The number of nitrogens with zero attached hydrogens (tertiary/aromatic N) is 4. The van der Waals surface area contributed by atoms with E-state index in [4.69, 9.17) is 14.7 Å². The van der Waals surface area contributed by atoms with Gasteiger partial charge >= 0.3 is 0 Å². The van der Waals surface area contributed by atoms with Crippen molar-refractivity contribution in [3.8, 4) is 11.5 Å². The number of benzene rings is 1. The van der Waals surface area contributed by atoms with Crippen LogP contribution >= 0.6 is 0 Å². The van der Waals surface area contributed by atoms with Gasteiger partial charge in [-0.3, -0.25) is 4.90 Å². The molecule has 0 saturated carbocycles. The Balaban J connectivity index is 1.59. The molecule has 2 aromatic rings. The largest absolute Gasteiger partial charge is 0.504 e. The molecule has 1 aromatic heterocycles. The Labute approximate surface area is 173 Å². The summed E-state index contributed by atoms with van der Waals surface area (Å²) in [7, 11) is 0. The molecule has 0 unspecified atom stereocenters. The monoisotopic (exact) mass is 396 g/mol. The number of phenolic OH excluding ortho intramolecular Hbond substituents is 1. The lowest BCUT2D eigenvalue weighted by Crippen LogP contribution is -2.33. The SMILES string of the molecule is CCOc1cccc(CN2CCc3c(nc(C(C)C)nc3N3CCCC3)C2)c1O. The first kappa shape index (κ1) is 20.0. The molecule has 1 N–H and O–H groups in total. The summed E-state index contributed by atoms with van der Waals surface area (Å²) < 4.78 is 5.54. The second-order valence-electron chi connectivity index (χ2n) is 8.34. The molecule has 1 fully saturated rings. The summed E-state index contributed by atoms with van der Waals surface area (Å²) in [5.74, 6) is 3.22. The van der Waals surface area contributed by atoms with Gasteiger partial charge in [-0.15, -0.1) is 0 Å². The number of aromatic hydroxyl groups is 1. The van der Waals surface area contributed by atoms with Gasteiger partial charge in [-0.25, -0.2) is 9.97 Å². The fraction of sp³-hybridized carbons (Fsp3) is 0.565. The smallest absolute Gasteiger partial charge is 0.162 e. The number of ether oxygens (including phenoxy) is 1. The number of hydrogen-bond donors (Lipinski definition) is 1. The molecule has 2 aliphatic rings. The highest BCUT2D eigenvalue weighted by Crippen LogP contribution is 2.34. The maximum absolute atomic E-state index is 10.6. The van der Waals surface area contributed by atoms with E-state index in [0.717, 1.165) is 55.5 Å². The molecule has 29 heavy (non-hydrogen) atoms. The third-order valence-corrected chi connectivity index (χ3v) is 5.84. The van der Waals surface area contributed by atoms with Crippen LogP contribution in [0.15, 0.2) is 18.2 Å². The Bertz CT molecular complexity index is 862. The minimum atomic E-state index is 0.253. The summed E-state index contributed by atoms with van der Waals surface area (Å²) in [5.41, 5.74) is 3.37. The van der Waals surface area contributed by atoms with E-state index in [9.17, 15) is 5.11 Å². The van der Waals surface area contributed by atoms with E-state index in [1.165, 1.54) is 18.4 Å². The summed E-state index contributed by atoms with van der Waals surface area (Å²) >= 11 is 0. The Morgan fingerprint density at radius 3 is 2.66 bits per heavy atom. The lowest BCUT2D eigenvalue weighted by molar-refractivity contribution is 0.236. The second-order valence-corrected chi connectivity index (χ2v) is 8.34. The zero-order chi connectivity index (χ0) is 20.4. The third-order valence-electron chi connectivity index (χ3n) is 5.84. The van der Waals surface area contributed by atoms with Gasteiger partial charge in [0.15, 0.2) is 11.5 Å². The first-order chi connectivity index (χ1) is 14.1. The Kier molecular flexibility index (Phi) is 5.90. The Morgan fingerprint density at radius 2 is 1.93 bits per heavy atom. The van der Waals surface area contributed by atoms with E-state index < -0.39 is 0 Å². The van der Waals surface area contributed by atoms with Crippen LogP contribution in [0.3, 0.4) is 0 Å². The van der Waals surface area contributed by atoms with Crippen molar-refractivity contribution >= 4 is 5.82 Å². The molecule has 1 saturated heterocycles. The maximum Gasteiger partial charge on any atom is 0.162 e. The molecule has 0 aliphatic carbocycles. The Morgan fingerprint density at radius 1 is 1.14 bits per heavy atom. The number of fused-ring (bicyclic) bond motifs is 1. The van der Waals surface area contributed by atoms with Crippen molar-refractivity contribution in [2.24, 2.45) is 0 Å². The van der Waals surface area contributed by atoms with E-state index in [0.29, 0.717) is 24.8 Å². The maximum atomic E-state index is 10.6. The van der Waals surface area contributed by atoms with Crippen molar-refractivity contribution in [3.05, 3.63) is 40.8 Å². The molecule has 0 radical (unpaired) electrons. The van der Waals surface area contributed by atoms with Crippen molar-refractivity contribution in [1.82, 2.24) is 14.9 Å². The number of para-hydroxylation sites is 1. The van der Waals surface area contributed by atoms with Gasteiger partial charge in [0.1, 0.15) is 11.6 Å². The van der Waals surface area contributed by atoms with Crippen LogP contribution in [0.1, 0.15) is 62.2 Å². The molecule has 6 nitrogen and oxygen atoms in total. The quantitative estimate of drug-likeness (QED) is 0.800. The first-order valence-electron chi connectivity index (χ1n) is 10.9. The van der Waals surface area contributed by atoms with Crippen LogP contribution in [0, 0.1) is 0 Å². The zero-order valence-electron chi connectivity index (χ0n) is 17.8. The molecule has 2 aliphatic heterocycles. The summed E-state index contributed by atoms with van der Waals surface area (Å²) in [5, 5.41) is 10.6. The minimum absolute atomic E-state index is 0.253. The topological polar surface area (TPSA) is 61.7 Å². The highest BCUT2D eigenvalue weighted by atomic mass is 16.5. The summed E-state index contributed by atoms with van der Waals surface area (Å²) in [4.78, 5) is 14.7. The molecule has 156 valence electrons. The van der Waals surface area contributed by atoms with Gasteiger partial charge in [0.25, 0.3) is 0 Å². The molecule has 1 aromatic carbocycles. The van der Waals surface area contributed by atoms with Crippen molar-refractivity contribution < 1.29 is 9.84 Å². The van der Waals surface area contributed by atoms with Crippen LogP contribution in [-0.2, 0) is 19.5 Å². The van der Waals surface area contributed by atoms with Crippen LogP contribution in [0.2, 0.25) is 0 Å². The minimum Gasteiger partial charge on any atom is -0.504 e. The van der Waals surface area contributed by atoms with Gasteiger partial charge < -0.3 is 14.7 Å². The van der Waals surface area contributed by atoms with Gasteiger partial charge in [-0.1, -0.05) is 26.0 Å². The number of anilines is 1. The molecule has 0 atom stereocenters. The van der Waals surface area contributed by atoms with Crippen molar-refractivity contribution in [2.75, 3.05) is 31.1 Å². The van der Waals surface area contributed by atoms with E-state index in [2.05, 4.69) is 23.6 Å². The average molecular weight is 397 g/mol. The van der Waals surface area contributed by atoms with Crippen LogP contribution in [0.25, 0.3) is 0 Å². The van der Waals surface area contributed by atoms with Gasteiger partial charge in [0.2, 0.25) is 0 Å². The highest BCUT2D eigenvalue weighted by molar-refractivity contribution is 5.51. The molecule has 0 spiro atoms.